The van der Waals surface area contributed by atoms with E-state index in [4.69, 9.17) is 4.74 Å². The van der Waals surface area contributed by atoms with Crippen LogP contribution in [0.25, 0.3) is 10.9 Å². The molecule has 0 radical (unpaired) electrons. The summed E-state index contributed by atoms with van der Waals surface area (Å²) in [6, 6.07) is 12.1. The molecule has 1 aliphatic rings. The number of nitrogens with one attached hydrogen (secondary N) is 1. The van der Waals surface area contributed by atoms with Crippen LogP contribution >= 0.6 is 0 Å². The normalized spacial score (nSPS) is 18.5. The number of nitrogens with zero attached hydrogens (tertiary/aromatic N) is 1. The predicted molar refractivity (Wildman–Crippen MR) is 135 cm³/mol. The van der Waals surface area contributed by atoms with Gasteiger partial charge in [0.05, 0.1) is 10.4 Å². The Morgan fingerprint density at radius 1 is 1.03 bits per heavy atom. The van der Waals surface area contributed by atoms with Crippen LogP contribution in [0.3, 0.4) is 0 Å². The number of aromatic nitrogens is 1. The fraction of sp³-hybridized carbons (Fsp3) is 0.407. The van der Waals surface area contributed by atoms with E-state index in [9.17, 15) is 18.0 Å². The number of ketones is 1. The zero-order valence-corrected chi connectivity index (χ0v) is 21.6. The first-order valence-corrected chi connectivity index (χ1v) is 13.3. The highest BCUT2D eigenvalue weighted by molar-refractivity contribution is 7.90. The molecule has 0 unspecified atom stereocenters. The van der Waals surface area contributed by atoms with Crippen LogP contribution in [0.2, 0.25) is 0 Å². The van der Waals surface area contributed by atoms with Crippen molar-refractivity contribution in [1.29, 1.82) is 0 Å². The quantitative estimate of drug-likeness (QED) is 0.467. The number of ether oxygens (including phenoxy) is 1. The van der Waals surface area contributed by atoms with E-state index in [0.717, 1.165) is 29.4 Å². The number of hydrogen-bond donors (Lipinski definition) is 1. The van der Waals surface area contributed by atoms with Gasteiger partial charge in [-0.2, -0.15) is 0 Å². The molecule has 1 heterocycles. The number of rotatable bonds is 5. The number of fused-ring (bicyclic) bond motifs is 1. The Bertz CT molecular complexity index is 1380. The lowest BCUT2D eigenvalue weighted by Crippen LogP contribution is -2.37. The molecular formula is C27H32N2O5S. The number of benzene rings is 2. The van der Waals surface area contributed by atoms with Crippen molar-refractivity contribution in [3.63, 3.8) is 0 Å². The van der Waals surface area contributed by atoms with Crippen LogP contribution in [0.4, 0.5) is 4.79 Å². The summed E-state index contributed by atoms with van der Waals surface area (Å²) in [4.78, 5) is 24.9. The number of carbonyl (C=O) groups is 2. The number of Topliss-reactive ketones (excluding diaryl/α,β-unsaturated/α-hetero) is 1. The van der Waals surface area contributed by atoms with Crippen LogP contribution in [-0.2, 0) is 14.8 Å². The van der Waals surface area contributed by atoms with Crippen LogP contribution in [-0.4, -0.2) is 35.9 Å². The summed E-state index contributed by atoms with van der Waals surface area (Å²) in [7, 11) is -3.89. The van der Waals surface area contributed by atoms with Gasteiger partial charge in [-0.1, -0.05) is 23.8 Å². The minimum absolute atomic E-state index is 0.0317. The van der Waals surface area contributed by atoms with Gasteiger partial charge >= 0.3 is 6.09 Å². The SMILES string of the molecule is CC(=O)c1ccc([C@@H]2CC[C@@H](NC(=O)OC(C)(C)C)C2)c2ccn(S(=O)(=O)c3ccc(C)cc3)c12. The van der Waals surface area contributed by atoms with Crippen LogP contribution < -0.4 is 5.32 Å². The van der Waals surface area contributed by atoms with Crippen molar-refractivity contribution in [2.75, 3.05) is 0 Å². The third-order valence-corrected chi connectivity index (χ3v) is 8.09. The van der Waals surface area contributed by atoms with Gasteiger partial charge in [-0.05, 0) is 89.6 Å². The third kappa shape index (κ3) is 5.12. The molecule has 3 aromatic rings. The maximum Gasteiger partial charge on any atom is 0.407 e. The number of amides is 1. The first kappa shape index (κ1) is 25.0. The summed E-state index contributed by atoms with van der Waals surface area (Å²) in [6.07, 6.45) is 3.44. The number of hydrogen-bond acceptors (Lipinski definition) is 5. The fourth-order valence-electron chi connectivity index (χ4n) is 4.79. The monoisotopic (exact) mass is 496 g/mol. The van der Waals surface area contributed by atoms with E-state index >= 15 is 0 Å². The molecule has 2 atom stereocenters. The van der Waals surface area contributed by atoms with E-state index in [2.05, 4.69) is 5.32 Å². The summed E-state index contributed by atoms with van der Waals surface area (Å²) in [6.45, 7) is 8.82. The summed E-state index contributed by atoms with van der Waals surface area (Å²) >= 11 is 0. The number of carbonyl (C=O) groups excluding carboxylic acids is 2. The average Bonchev–Trinajstić information content (AvgIpc) is 3.39. The van der Waals surface area contributed by atoms with Gasteiger partial charge in [0.2, 0.25) is 0 Å². The molecular weight excluding hydrogens is 464 g/mol. The van der Waals surface area contributed by atoms with Crippen LogP contribution in [0, 0.1) is 6.92 Å². The summed E-state index contributed by atoms with van der Waals surface area (Å²) in [5.74, 6) is -0.0760. The summed E-state index contributed by atoms with van der Waals surface area (Å²) in [5.41, 5.74) is 2.15. The molecule has 0 bridgehead atoms. The van der Waals surface area contributed by atoms with Gasteiger partial charge in [-0.25, -0.2) is 17.2 Å². The zero-order valence-electron chi connectivity index (χ0n) is 20.8. The first-order valence-electron chi connectivity index (χ1n) is 11.8. The summed E-state index contributed by atoms with van der Waals surface area (Å²) < 4.78 is 33.6. The van der Waals surface area contributed by atoms with Gasteiger partial charge in [0.1, 0.15) is 5.60 Å². The molecule has 186 valence electrons. The Morgan fingerprint density at radius 2 is 1.71 bits per heavy atom. The largest absolute Gasteiger partial charge is 0.444 e. The second kappa shape index (κ2) is 9.15. The van der Waals surface area contributed by atoms with E-state index in [1.165, 1.54) is 17.1 Å². The van der Waals surface area contributed by atoms with E-state index < -0.39 is 21.7 Å². The molecule has 0 saturated heterocycles. The smallest absolute Gasteiger partial charge is 0.407 e. The lowest BCUT2D eigenvalue weighted by Gasteiger charge is -2.22. The minimum Gasteiger partial charge on any atom is -0.444 e. The third-order valence-electron chi connectivity index (χ3n) is 6.40. The van der Waals surface area contributed by atoms with E-state index in [-0.39, 0.29) is 22.6 Å². The molecule has 0 aliphatic heterocycles. The van der Waals surface area contributed by atoms with Crippen LogP contribution in [0.1, 0.15) is 74.4 Å². The highest BCUT2D eigenvalue weighted by Gasteiger charge is 2.31. The molecule has 0 spiro atoms. The Labute approximate surface area is 206 Å². The highest BCUT2D eigenvalue weighted by atomic mass is 32.2. The number of alkyl carbamates (subject to hydrolysis) is 1. The second-order valence-electron chi connectivity index (χ2n) is 10.3. The van der Waals surface area contributed by atoms with E-state index in [1.54, 1.807) is 36.4 Å². The van der Waals surface area contributed by atoms with Crippen molar-refractivity contribution < 1.29 is 22.7 Å². The molecule has 1 saturated carbocycles. The second-order valence-corrected chi connectivity index (χ2v) is 12.1. The highest BCUT2D eigenvalue weighted by Crippen LogP contribution is 2.40. The van der Waals surface area contributed by atoms with Crippen LogP contribution in [0.5, 0.6) is 0 Å². The number of aryl methyl sites for hydroxylation is 1. The Hall–Kier alpha value is -3.13. The van der Waals surface area contributed by atoms with Crippen molar-refractivity contribution in [3.8, 4) is 0 Å². The molecule has 1 amide bonds. The van der Waals surface area contributed by atoms with Gasteiger partial charge in [0.25, 0.3) is 10.0 Å². The van der Waals surface area contributed by atoms with E-state index in [1.807, 2.05) is 33.8 Å². The molecule has 4 rings (SSSR count). The van der Waals surface area contributed by atoms with Gasteiger partial charge in [-0.15, -0.1) is 0 Å². The lowest BCUT2D eigenvalue weighted by atomic mass is 9.92. The maximum atomic E-state index is 13.5. The Morgan fingerprint density at radius 3 is 2.34 bits per heavy atom. The van der Waals surface area contributed by atoms with Crippen molar-refractivity contribution in [2.24, 2.45) is 0 Å². The van der Waals surface area contributed by atoms with Gasteiger partial charge in [0.15, 0.2) is 5.78 Å². The topological polar surface area (TPSA) is 94.5 Å². The molecule has 2 aromatic carbocycles. The standard InChI is InChI=1S/C27H32N2O5S/c1-17-6-10-21(11-7-17)35(32,33)29-15-14-24-23(13-12-22(18(2)30)25(24)29)19-8-9-20(16-19)28-26(31)34-27(3,4)5/h6-7,10-15,19-20H,8-9,16H2,1-5H3,(H,28,31)/t19-,20-/m1/s1. The zero-order chi connectivity index (χ0) is 25.5. The van der Waals surface area contributed by atoms with Gasteiger partial charge in [-0.3, -0.25) is 4.79 Å². The Kier molecular flexibility index (Phi) is 6.53. The van der Waals surface area contributed by atoms with Crippen molar-refractivity contribution in [2.45, 2.75) is 76.3 Å². The minimum atomic E-state index is -3.89. The molecule has 8 heteroatoms. The Balaban J connectivity index is 1.70. The molecule has 1 N–H and O–H groups in total. The van der Waals surface area contributed by atoms with Crippen molar-refractivity contribution >= 4 is 32.8 Å². The molecule has 1 aliphatic carbocycles. The lowest BCUT2D eigenvalue weighted by molar-refractivity contribution is 0.0505. The summed E-state index contributed by atoms with van der Waals surface area (Å²) in [5, 5.41) is 3.70. The van der Waals surface area contributed by atoms with Crippen molar-refractivity contribution in [3.05, 3.63) is 65.4 Å². The molecule has 1 fully saturated rings. The predicted octanol–water partition coefficient (Wildman–Crippen LogP) is 5.55. The van der Waals surface area contributed by atoms with Gasteiger partial charge < -0.3 is 10.1 Å². The van der Waals surface area contributed by atoms with Gasteiger partial charge in [0, 0.05) is 23.2 Å². The molecule has 1 aromatic heterocycles. The van der Waals surface area contributed by atoms with E-state index in [0.29, 0.717) is 17.5 Å². The maximum absolute atomic E-state index is 13.5. The fourth-order valence-corrected chi connectivity index (χ4v) is 6.15. The average molecular weight is 497 g/mol. The first-order chi connectivity index (χ1) is 16.4. The van der Waals surface area contributed by atoms with Crippen molar-refractivity contribution in [1.82, 2.24) is 9.29 Å². The molecule has 7 nitrogen and oxygen atoms in total. The molecule has 35 heavy (non-hydrogen) atoms. The van der Waals surface area contributed by atoms with Crippen LogP contribution in [0.15, 0.2) is 53.6 Å².